The average Bonchev–Trinajstić information content (AvgIpc) is 2.78. The van der Waals surface area contributed by atoms with Crippen LogP contribution in [0.1, 0.15) is 12.5 Å². The molecular weight excluding hydrogens is 402 g/mol. The molecule has 0 saturated carbocycles. The third-order valence-corrected chi connectivity index (χ3v) is 5.76. The zero-order chi connectivity index (χ0) is 21.6. The SMILES string of the molecule is COc1ccc(N/N=C(/C)c2ccc(S(=O)(=O)Nc3ccc(OC)cc3)cc2)cc1. The number of hydrogen-bond acceptors (Lipinski definition) is 6. The Morgan fingerprint density at radius 2 is 1.27 bits per heavy atom. The summed E-state index contributed by atoms with van der Waals surface area (Å²) in [5.41, 5.74) is 5.78. The summed E-state index contributed by atoms with van der Waals surface area (Å²) in [4.78, 5) is 0.165. The molecule has 0 bridgehead atoms. The van der Waals surface area contributed by atoms with Gasteiger partial charge in [0.2, 0.25) is 0 Å². The molecule has 0 aromatic heterocycles. The number of hydrazone groups is 1. The molecule has 0 unspecified atom stereocenters. The first-order chi connectivity index (χ1) is 14.4. The Morgan fingerprint density at radius 1 is 0.767 bits per heavy atom. The predicted molar refractivity (Wildman–Crippen MR) is 119 cm³/mol. The molecular formula is C22H23N3O4S. The largest absolute Gasteiger partial charge is 0.497 e. The molecule has 0 spiro atoms. The van der Waals surface area contributed by atoms with Gasteiger partial charge in [0.05, 0.1) is 30.5 Å². The normalized spacial score (nSPS) is 11.6. The smallest absolute Gasteiger partial charge is 0.261 e. The number of nitrogens with one attached hydrogen (secondary N) is 2. The van der Waals surface area contributed by atoms with Crippen LogP contribution in [0.15, 0.2) is 82.8 Å². The summed E-state index contributed by atoms with van der Waals surface area (Å²) in [7, 11) is -0.529. The molecule has 0 atom stereocenters. The van der Waals surface area contributed by atoms with E-state index in [4.69, 9.17) is 9.47 Å². The van der Waals surface area contributed by atoms with E-state index in [1.807, 2.05) is 31.2 Å². The van der Waals surface area contributed by atoms with Gasteiger partial charge in [-0.05, 0) is 73.2 Å². The molecule has 3 aromatic carbocycles. The van der Waals surface area contributed by atoms with Gasteiger partial charge in [0.15, 0.2) is 0 Å². The summed E-state index contributed by atoms with van der Waals surface area (Å²) in [6, 6.07) is 20.6. The van der Waals surface area contributed by atoms with Gasteiger partial charge in [-0.2, -0.15) is 5.10 Å². The van der Waals surface area contributed by atoms with Crippen molar-refractivity contribution in [3.63, 3.8) is 0 Å². The summed E-state index contributed by atoms with van der Waals surface area (Å²) in [6.07, 6.45) is 0. The van der Waals surface area contributed by atoms with Gasteiger partial charge in [-0.25, -0.2) is 8.42 Å². The fourth-order valence-electron chi connectivity index (χ4n) is 2.63. The summed E-state index contributed by atoms with van der Waals surface area (Å²) in [5.74, 6) is 1.42. The number of nitrogens with zero attached hydrogens (tertiary/aromatic N) is 1. The highest BCUT2D eigenvalue weighted by Gasteiger charge is 2.14. The van der Waals surface area contributed by atoms with E-state index in [0.29, 0.717) is 11.4 Å². The molecule has 2 N–H and O–H groups in total. The summed E-state index contributed by atoms with van der Waals surface area (Å²) in [6.45, 7) is 1.84. The van der Waals surface area contributed by atoms with Crippen LogP contribution in [-0.2, 0) is 10.0 Å². The van der Waals surface area contributed by atoms with Gasteiger partial charge in [0, 0.05) is 5.69 Å². The molecule has 156 valence electrons. The fourth-order valence-corrected chi connectivity index (χ4v) is 3.69. The summed E-state index contributed by atoms with van der Waals surface area (Å²) >= 11 is 0. The molecule has 8 heteroatoms. The number of sulfonamides is 1. The van der Waals surface area contributed by atoms with E-state index < -0.39 is 10.0 Å². The molecule has 3 rings (SSSR count). The topological polar surface area (TPSA) is 89.0 Å². The zero-order valence-corrected chi connectivity index (χ0v) is 17.7. The van der Waals surface area contributed by atoms with Gasteiger partial charge < -0.3 is 9.47 Å². The molecule has 0 aliphatic heterocycles. The Bertz CT molecular complexity index is 1110. The fraction of sp³-hybridized carbons (Fsp3) is 0.136. The van der Waals surface area contributed by atoms with Crippen LogP contribution in [-0.4, -0.2) is 28.3 Å². The Balaban J connectivity index is 1.68. The lowest BCUT2D eigenvalue weighted by atomic mass is 10.1. The van der Waals surface area contributed by atoms with Gasteiger partial charge in [-0.3, -0.25) is 10.1 Å². The lowest BCUT2D eigenvalue weighted by Crippen LogP contribution is -2.13. The second kappa shape index (κ2) is 9.32. The van der Waals surface area contributed by atoms with Crippen molar-refractivity contribution in [2.75, 3.05) is 24.4 Å². The Kier molecular flexibility index (Phi) is 6.58. The Morgan fingerprint density at radius 3 is 1.77 bits per heavy atom. The third-order valence-electron chi connectivity index (χ3n) is 4.37. The highest BCUT2D eigenvalue weighted by molar-refractivity contribution is 7.92. The molecule has 0 aliphatic carbocycles. The minimum absolute atomic E-state index is 0.165. The van der Waals surface area contributed by atoms with E-state index in [0.717, 1.165) is 22.7 Å². The van der Waals surface area contributed by atoms with Crippen molar-refractivity contribution < 1.29 is 17.9 Å². The van der Waals surface area contributed by atoms with Crippen molar-refractivity contribution in [2.45, 2.75) is 11.8 Å². The van der Waals surface area contributed by atoms with Crippen molar-refractivity contribution in [3.8, 4) is 11.5 Å². The van der Waals surface area contributed by atoms with E-state index in [1.54, 1.807) is 62.8 Å². The van der Waals surface area contributed by atoms with Gasteiger partial charge in [-0.1, -0.05) is 12.1 Å². The van der Waals surface area contributed by atoms with Crippen LogP contribution in [0, 0.1) is 0 Å². The van der Waals surface area contributed by atoms with Crippen molar-refractivity contribution in [2.24, 2.45) is 5.10 Å². The predicted octanol–water partition coefficient (Wildman–Crippen LogP) is 4.34. The Labute approximate surface area is 176 Å². The second-order valence-electron chi connectivity index (χ2n) is 6.40. The third kappa shape index (κ3) is 5.30. The van der Waals surface area contributed by atoms with E-state index in [1.165, 1.54) is 0 Å². The highest BCUT2D eigenvalue weighted by Crippen LogP contribution is 2.20. The average molecular weight is 426 g/mol. The first-order valence-electron chi connectivity index (χ1n) is 9.13. The molecule has 0 saturated heterocycles. The first kappa shape index (κ1) is 21.2. The standard InChI is InChI=1S/C22H23N3O4S/c1-16(23-24-18-6-10-20(28-2)11-7-18)17-4-14-22(15-5-17)30(26,27)25-19-8-12-21(29-3)13-9-19/h4-15,24-25H,1-3H3/b23-16-. The molecule has 7 nitrogen and oxygen atoms in total. The van der Waals surface area contributed by atoms with Crippen molar-refractivity contribution >= 4 is 27.1 Å². The van der Waals surface area contributed by atoms with Crippen molar-refractivity contribution in [3.05, 3.63) is 78.4 Å². The maximum absolute atomic E-state index is 12.6. The van der Waals surface area contributed by atoms with Gasteiger partial charge in [-0.15, -0.1) is 0 Å². The van der Waals surface area contributed by atoms with Crippen LogP contribution in [0.2, 0.25) is 0 Å². The number of hydrogen-bond donors (Lipinski definition) is 2. The van der Waals surface area contributed by atoms with E-state index >= 15 is 0 Å². The summed E-state index contributed by atoms with van der Waals surface area (Å²) < 4.78 is 38.0. The van der Waals surface area contributed by atoms with Crippen LogP contribution >= 0.6 is 0 Å². The molecule has 30 heavy (non-hydrogen) atoms. The molecule has 0 heterocycles. The Hall–Kier alpha value is -3.52. The molecule has 0 radical (unpaired) electrons. The highest BCUT2D eigenvalue weighted by atomic mass is 32.2. The maximum Gasteiger partial charge on any atom is 0.261 e. The number of methoxy groups -OCH3 is 2. The summed E-state index contributed by atoms with van der Waals surface area (Å²) in [5, 5.41) is 4.34. The molecule has 0 amide bonds. The van der Waals surface area contributed by atoms with E-state index in [9.17, 15) is 8.42 Å². The van der Waals surface area contributed by atoms with Crippen LogP contribution in [0.25, 0.3) is 0 Å². The molecule has 3 aromatic rings. The maximum atomic E-state index is 12.6. The second-order valence-corrected chi connectivity index (χ2v) is 8.08. The number of rotatable bonds is 8. The first-order valence-corrected chi connectivity index (χ1v) is 10.6. The lowest BCUT2D eigenvalue weighted by molar-refractivity contribution is 0.415. The molecule has 0 aliphatic rings. The van der Waals surface area contributed by atoms with Crippen LogP contribution in [0.3, 0.4) is 0 Å². The van der Waals surface area contributed by atoms with Gasteiger partial charge in [0.25, 0.3) is 10.0 Å². The number of anilines is 2. The quantitative estimate of drug-likeness (QED) is 0.414. The number of ether oxygens (including phenoxy) is 2. The monoisotopic (exact) mass is 425 g/mol. The van der Waals surface area contributed by atoms with E-state index in [-0.39, 0.29) is 4.90 Å². The van der Waals surface area contributed by atoms with Crippen LogP contribution < -0.4 is 19.6 Å². The molecule has 0 fully saturated rings. The minimum atomic E-state index is -3.70. The zero-order valence-electron chi connectivity index (χ0n) is 16.9. The number of benzene rings is 3. The van der Waals surface area contributed by atoms with Crippen LogP contribution in [0.5, 0.6) is 11.5 Å². The van der Waals surface area contributed by atoms with Crippen LogP contribution in [0.4, 0.5) is 11.4 Å². The lowest BCUT2D eigenvalue weighted by Gasteiger charge is -2.10. The van der Waals surface area contributed by atoms with Gasteiger partial charge >= 0.3 is 0 Å². The van der Waals surface area contributed by atoms with Crippen molar-refractivity contribution in [1.29, 1.82) is 0 Å². The van der Waals surface area contributed by atoms with Crippen molar-refractivity contribution in [1.82, 2.24) is 0 Å². The van der Waals surface area contributed by atoms with E-state index in [2.05, 4.69) is 15.2 Å². The minimum Gasteiger partial charge on any atom is -0.497 e. The van der Waals surface area contributed by atoms with Gasteiger partial charge in [0.1, 0.15) is 11.5 Å².